The van der Waals surface area contributed by atoms with E-state index >= 15 is 0 Å². The van der Waals surface area contributed by atoms with Crippen molar-refractivity contribution in [2.24, 2.45) is 0 Å². The highest BCUT2D eigenvalue weighted by Crippen LogP contribution is 2.49. The average Bonchev–Trinajstić information content (AvgIpc) is 3.19. The molecule has 1 nitrogen and oxygen atoms in total. The van der Waals surface area contributed by atoms with E-state index in [2.05, 4.69) is 164 Å². The number of aryl methyl sites for hydroxylation is 2. The second-order valence-corrected chi connectivity index (χ2v) is 13.9. The van der Waals surface area contributed by atoms with Gasteiger partial charge in [-0.25, -0.2) is 4.39 Å². The Kier molecular flexibility index (Phi) is 8.01. The second kappa shape index (κ2) is 13.1. The fourth-order valence-electron chi connectivity index (χ4n) is 8.23. The lowest BCUT2D eigenvalue weighted by Gasteiger charge is -2.28. The van der Waals surface area contributed by atoms with Crippen LogP contribution >= 0.6 is 0 Å². The van der Waals surface area contributed by atoms with Crippen LogP contribution in [0.1, 0.15) is 29.5 Å². The number of hydrogen-bond donors (Lipinski definition) is 0. The molecule has 0 fully saturated rings. The SMILES string of the molecule is Cc1cc(C)cc(N(c2ccc(F)cc2)c2ccc3c(c2)c2ccccc2c2c(-c4ccccc4)cc(-c4ccccc4)c(C4=CC=CCC4)c32)c1. The van der Waals surface area contributed by atoms with Crippen molar-refractivity contribution in [1.82, 2.24) is 0 Å². The number of allylic oxidation sites excluding steroid dienone is 4. The number of rotatable bonds is 6. The number of hydrogen-bond acceptors (Lipinski definition) is 1. The van der Waals surface area contributed by atoms with Crippen LogP contribution in [0, 0.1) is 19.7 Å². The molecule has 0 bridgehead atoms. The van der Waals surface area contributed by atoms with Crippen LogP contribution in [-0.4, -0.2) is 0 Å². The van der Waals surface area contributed by atoms with Gasteiger partial charge in [0.2, 0.25) is 0 Å². The van der Waals surface area contributed by atoms with Crippen LogP contribution in [0.2, 0.25) is 0 Å². The van der Waals surface area contributed by atoms with Gasteiger partial charge < -0.3 is 4.90 Å². The summed E-state index contributed by atoms with van der Waals surface area (Å²) in [6.07, 6.45) is 8.80. The van der Waals surface area contributed by atoms with Crippen LogP contribution in [0.25, 0.3) is 60.1 Å². The van der Waals surface area contributed by atoms with Gasteiger partial charge in [-0.3, -0.25) is 0 Å². The maximum Gasteiger partial charge on any atom is 0.123 e. The van der Waals surface area contributed by atoms with Gasteiger partial charge in [0.1, 0.15) is 5.82 Å². The highest BCUT2D eigenvalue weighted by molar-refractivity contribution is 6.32. The molecule has 0 radical (unpaired) electrons. The molecule has 250 valence electrons. The Morgan fingerprint density at radius 3 is 1.79 bits per heavy atom. The maximum absolute atomic E-state index is 14.3. The van der Waals surface area contributed by atoms with Crippen molar-refractivity contribution < 1.29 is 4.39 Å². The van der Waals surface area contributed by atoms with Crippen LogP contribution in [0.3, 0.4) is 0 Å². The summed E-state index contributed by atoms with van der Waals surface area (Å²) in [7, 11) is 0. The summed E-state index contributed by atoms with van der Waals surface area (Å²) in [5, 5.41) is 7.40. The Morgan fingerprint density at radius 2 is 1.12 bits per heavy atom. The minimum Gasteiger partial charge on any atom is -0.310 e. The molecule has 0 unspecified atom stereocenters. The largest absolute Gasteiger partial charge is 0.310 e. The second-order valence-electron chi connectivity index (χ2n) is 13.9. The molecule has 0 aromatic heterocycles. The number of nitrogens with zero attached hydrogens (tertiary/aromatic N) is 1. The molecule has 0 N–H and O–H groups in total. The Hall–Kier alpha value is -6.25. The third-order valence-electron chi connectivity index (χ3n) is 10.4. The molecule has 8 aromatic carbocycles. The summed E-state index contributed by atoms with van der Waals surface area (Å²) in [6, 6.07) is 53.4. The molecular weight excluding hydrogens is 634 g/mol. The smallest absolute Gasteiger partial charge is 0.123 e. The lowest BCUT2D eigenvalue weighted by Crippen LogP contribution is -2.10. The Morgan fingerprint density at radius 1 is 0.500 bits per heavy atom. The van der Waals surface area contributed by atoms with Crippen LogP contribution in [0.5, 0.6) is 0 Å². The molecule has 52 heavy (non-hydrogen) atoms. The van der Waals surface area contributed by atoms with Crippen LogP contribution in [0.4, 0.5) is 21.5 Å². The van der Waals surface area contributed by atoms with Gasteiger partial charge in [-0.2, -0.15) is 0 Å². The molecule has 8 aromatic rings. The van der Waals surface area contributed by atoms with Gasteiger partial charge in [-0.1, -0.05) is 115 Å². The summed E-state index contributed by atoms with van der Waals surface area (Å²) in [5.74, 6) is -0.247. The van der Waals surface area contributed by atoms with E-state index in [1.165, 1.54) is 76.8 Å². The fourth-order valence-corrected chi connectivity index (χ4v) is 8.23. The quantitative estimate of drug-likeness (QED) is 0.159. The molecule has 0 amide bonds. The first kappa shape index (κ1) is 31.7. The zero-order valence-corrected chi connectivity index (χ0v) is 29.4. The van der Waals surface area contributed by atoms with Crippen LogP contribution < -0.4 is 4.90 Å². The highest BCUT2D eigenvalue weighted by atomic mass is 19.1. The summed E-state index contributed by atoms with van der Waals surface area (Å²) >= 11 is 0. The van der Waals surface area contributed by atoms with E-state index in [4.69, 9.17) is 0 Å². The molecular formula is C50H38FN. The van der Waals surface area contributed by atoms with Crippen molar-refractivity contribution >= 4 is 55.0 Å². The van der Waals surface area contributed by atoms with Crippen molar-refractivity contribution in [3.05, 3.63) is 192 Å². The molecule has 0 aliphatic heterocycles. The van der Waals surface area contributed by atoms with Crippen molar-refractivity contribution in [3.8, 4) is 22.3 Å². The predicted molar refractivity (Wildman–Crippen MR) is 220 cm³/mol. The van der Waals surface area contributed by atoms with E-state index in [-0.39, 0.29) is 5.82 Å². The Labute approximate surface area is 304 Å². The highest BCUT2D eigenvalue weighted by Gasteiger charge is 2.24. The van der Waals surface area contributed by atoms with Crippen molar-refractivity contribution in [1.29, 1.82) is 0 Å². The minimum absolute atomic E-state index is 0.247. The van der Waals surface area contributed by atoms with Crippen LogP contribution in [-0.2, 0) is 0 Å². The van der Waals surface area contributed by atoms with E-state index in [0.29, 0.717) is 0 Å². The van der Waals surface area contributed by atoms with Crippen LogP contribution in [0.15, 0.2) is 170 Å². The fraction of sp³-hybridized carbons (Fsp3) is 0.0800. The van der Waals surface area contributed by atoms with Gasteiger partial charge in [-0.15, -0.1) is 0 Å². The molecule has 0 spiro atoms. The standard InChI is InChI=1S/C50H38FN/c1-33-28-34(2)30-41(29-33)52(39-24-22-38(51)23-25-39)40-26-27-44-47(31-40)42-20-12-13-21-43(42)49-46(36-16-8-4-9-17-36)32-45(35-14-6-3-7-15-35)48(50(44)49)37-18-10-5-11-19-37/h3-10,12-18,20-32H,11,19H2,1-2H3. The molecule has 1 aliphatic carbocycles. The zero-order chi connectivity index (χ0) is 35.2. The zero-order valence-electron chi connectivity index (χ0n) is 29.4. The summed E-state index contributed by atoms with van der Waals surface area (Å²) in [5.41, 5.74) is 12.9. The summed E-state index contributed by atoms with van der Waals surface area (Å²) < 4.78 is 14.3. The molecule has 0 heterocycles. The first-order valence-electron chi connectivity index (χ1n) is 18.1. The third-order valence-corrected chi connectivity index (χ3v) is 10.4. The molecule has 1 aliphatic rings. The monoisotopic (exact) mass is 671 g/mol. The van der Waals surface area contributed by atoms with Gasteiger partial charge in [0.15, 0.2) is 0 Å². The first-order valence-corrected chi connectivity index (χ1v) is 18.1. The summed E-state index contributed by atoms with van der Waals surface area (Å²) in [4.78, 5) is 2.25. The molecule has 9 rings (SSSR count). The molecule has 2 heteroatoms. The van der Waals surface area contributed by atoms with Gasteiger partial charge >= 0.3 is 0 Å². The number of fused-ring (bicyclic) bond motifs is 6. The predicted octanol–water partition coefficient (Wildman–Crippen LogP) is 14.4. The number of halogens is 1. The lowest BCUT2D eigenvalue weighted by atomic mass is 9.80. The van der Waals surface area contributed by atoms with Gasteiger partial charge in [0.25, 0.3) is 0 Å². The molecule has 0 saturated carbocycles. The van der Waals surface area contributed by atoms with Gasteiger partial charge in [0.05, 0.1) is 0 Å². The summed E-state index contributed by atoms with van der Waals surface area (Å²) in [6.45, 7) is 4.26. The van der Waals surface area contributed by atoms with E-state index in [1.54, 1.807) is 12.1 Å². The van der Waals surface area contributed by atoms with E-state index < -0.39 is 0 Å². The topological polar surface area (TPSA) is 3.24 Å². The molecule has 0 saturated heterocycles. The van der Waals surface area contributed by atoms with Crippen molar-refractivity contribution in [2.75, 3.05) is 4.90 Å². The third kappa shape index (κ3) is 5.58. The molecule has 0 atom stereocenters. The van der Waals surface area contributed by atoms with Crippen molar-refractivity contribution in [3.63, 3.8) is 0 Å². The Bertz CT molecular complexity index is 2670. The van der Waals surface area contributed by atoms with Gasteiger partial charge in [-0.05, 0) is 158 Å². The van der Waals surface area contributed by atoms with Crippen molar-refractivity contribution in [2.45, 2.75) is 26.7 Å². The Balaban J connectivity index is 1.44. The average molecular weight is 672 g/mol. The normalized spacial score (nSPS) is 12.8. The van der Waals surface area contributed by atoms with E-state index in [1.807, 2.05) is 12.1 Å². The minimum atomic E-state index is -0.247. The van der Waals surface area contributed by atoms with E-state index in [0.717, 1.165) is 29.9 Å². The van der Waals surface area contributed by atoms with E-state index in [9.17, 15) is 4.39 Å². The number of anilines is 3. The lowest BCUT2D eigenvalue weighted by molar-refractivity contribution is 0.628. The number of benzene rings is 8. The first-order chi connectivity index (χ1) is 25.5. The van der Waals surface area contributed by atoms with Gasteiger partial charge in [0, 0.05) is 17.1 Å². The maximum atomic E-state index is 14.3.